The van der Waals surface area contributed by atoms with E-state index in [4.69, 9.17) is 10.7 Å². The highest BCUT2D eigenvalue weighted by molar-refractivity contribution is 6.04. The van der Waals surface area contributed by atoms with Crippen LogP contribution in [-0.2, 0) is 4.79 Å². The molecule has 0 radical (unpaired) electrons. The number of amides is 2. The number of rotatable bonds is 4. The number of para-hydroxylation sites is 1. The van der Waals surface area contributed by atoms with Crippen LogP contribution in [0.5, 0.6) is 0 Å². The monoisotopic (exact) mass is 465 g/mol. The molecule has 35 heavy (non-hydrogen) atoms. The molecule has 0 aliphatic carbocycles. The third-order valence-electron chi connectivity index (χ3n) is 5.80. The Bertz CT molecular complexity index is 1470. The smallest absolute Gasteiger partial charge is 0.299 e. The molecule has 9 nitrogen and oxygen atoms in total. The standard InChI is InChI=1S/C26H23N7O2/c1-2-6-21(34)31-15-16-32(17-31)26-30-22(23-24(27)28-13-14-33(23)26)18-9-11-19(12-10-18)25(35)29-20-7-4-3-5-8-20/h3-5,7-14H,15-17H2,1H3,(H2,27,28)(H,29,35). The van der Waals surface area contributed by atoms with Gasteiger partial charge in [0.25, 0.3) is 11.8 Å². The molecule has 2 amide bonds. The van der Waals surface area contributed by atoms with Gasteiger partial charge >= 0.3 is 0 Å². The van der Waals surface area contributed by atoms with Gasteiger partial charge in [-0.2, -0.15) is 0 Å². The number of nitrogens with zero attached hydrogens (tertiary/aromatic N) is 5. The molecule has 174 valence electrons. The molecule has 4 aromatic rings. The van der Waals surface area contributed by atoms with Crippen molar-refractivity contribution in [3.05, 3.63) is 72.6 Å². The minimum atomic E-state index is -0.207. The summed E-state index contributed by atoms with van der Waals surface area (Å²) in [5, 5.41) is 2.88. The van der Waals surface area contributed by atoms with Crippen molar-refractivity contribution in [2.45, 2.75) is 6.92 Å². The van der Waals surface area contributed by atoms with Crippen LogP contribution in [0, 0.1) is 11.8 Å². The van der Waals surface area contributed by atoms with Crippen molar-refractivity contribution < 1.29 is 9.59 Å². The van der Waals surface area contributed by atoms with Crippen LogP contribution in [0.3, 0.4) is 0 Å². The Kier molecular flexibility index (Phi) is 5.77. The summed E-state index contributed by atoms with van der Waals surface area (Å²) in [5.41, 5.74) is 9.62. The first-order valence-corrected chi connectivity index (χ1v) is 11.1. The molecule has 5 rings (SSSR count). The van der Waals surface area contributed by atoms with E-state index < -0.39 is 0 Å². The highest BCUT2D eigenvalue weighted by Gasteiger charge is 2.28. The Morgan fingerprint density at radius 1 is 1.06 bits per heavy atom. The van der Waals surface area contributed by atoms with E-state index in [2.05, 4.69) is 22.1 Å². The van der Waals surface area contributed by atoms with Crippen molar-refractivity contribution in [1.29, 1.82) is 0 Å². The molecular weight excluding hydrogens is 442 g/mol. The summed E-state index contributed by atoms with van der Waals surface area (Å²) in [6.45, 7) is 3.21. The largest absolute Gasteiger partial charge is 0.382 e. The Morgan fingerprint density at radius 2 is 1.83 bits per heavy atom. The maximum Gasteiger partial charge on any atom is 0.299 e. The number of fused-ring (bicyclic) bond motifs is 1. The normalized spacial score (nSPS) is 12.9. The molecule has 3 heterocycles. The predicted octanol–water partition coefficient (Wildman–Crippen LogP) is 2.86. The molecule has 1 fully saturated rings. The van der Waals surface area contributed by atoms with E-state index >= 15 is 0 Å². The number of nitrogens with one attached hydrogen (secondary N) is 1. The summed E-state index contributed by atoms with van der Waals surface area (Å²) < 4.78 is 1.88. The van der Waals surface area contributed by atoms with Gasteiger partial charge in [-0.25, -0.2) is 9.97 Å². The maximum absolute atomic E-state index is 12.6. The second-order valence-corrected chi connectivity index (χ2v) is 8.04. The molecule has 0 atom stereocenters. The number of hydrogen-bond donors (Lipinski definition) is 2. The first-order chi connectivity index (χ1) is 17.0. The Labute approximate surface area is 202 Å². The number of anilines is 3. The molecule has 0 bridgehead atoms. The van der Waals surface area contributed by atoms with Crippen molar-refractivity contribution in [2.24, 2.45) is 0 Å². The lowest BCUT2D eigenvalue weighted by atomic mass is 10.1. The first kappa shape index (κ1) is 22.0. The van der Waals surface area contributed by atoms with Crippen LogP contribution in [0.4, 0.5) is 17.5 Å². The Balaban J connectivity index is 1.45. The lowest BCUT2D eigenvalue weighted by molar-refractivity contribution is -0.124. The van der Waals surface area contributed by atoms with Crippen molar-refractivity contribution >= 4 is 34.8 Å². The van der Waals surface area contributed by atoms with Gasteiger partial charge in [0.05, 0.1) is 6.67 Å². The first-order valence-electron chi connectivity index (χ1n) is 11.1. The predicted molar refractivity (Wildman–Crippen MR) is 135 cm³/mol. The molecule has 1 aliphatic rings. The Hall–Kier alpha value is -4.84. The summed E-state index contributed by atoms with van der Waals surface area (Å²) in [7, 11) is 0. The van der Waals surface area contributed by atoms with E-state index in [-0.39, 0.29) is 11.8 Å². The van der Waals surface area contributed by atoms with Gasteiger partial charge in [0.15, 0.2) is 0 Å². The van der Waals surface area contributed by atoms with Crippen molar-refractivity contribution in [2.75, 3.05) is 35.7 Å². The Morgan fingerprint density at radius 3 is 2.57 bits per heavy atom. The number of nitrogen functional groups attached to an aromatic ring is 1. The number of carbonyl (C=O) groups is 2. The zero-order valence-corrected chi connectivity index (χ0v) is 19.1. The lowest BCUT2D eigenvalue weighted by Gasteiger charge is -2.17. The number of imidazole rings is 1. The van der Waals surface area contributed by atoms with Crippen LogP contribution in [0.2, 0.25) is 0 Å². The van der Waals surface area contributed by atoms with E-state index in [1.165, 1.54) is 0 Å². The van der Waals surface area contributed by atoms with Gasteiger partial charge in [-0.1, -0.05) is 36.3 Å². The van der Waals surface area contributed by atoms with E-state index in [0.717, 1.165) is 11.3 Å². The summed E-state index contributed by atoms with van der Waals surface area (Å²) in [6.07, 6.45) is 3.42. The van der Waals surface area contributed by atoms with E-state index in [9.17, 15) is 9.59 Å². The summed E-state index contributed by atoms with van der Waals surface area (Å²) in [6, 6.07) is 16.5. The SMILES string of the molecule is CC#CC(=O)N1CCN(c2nc(-c3ccc(C(=O)Nc4ccccc4)cc3)c3c(N)nccn23)C1. The van der Waals surface area contributed by atoms with Crippen LogP contribution < -0.4 is 16.0 Å². The van der Waals surface area contributed by atoms with Gasteiger partial charge in [-0.05, 0) is 37.1 Å². The van der Waals surface area contributed by atoms with E-state index in [1.54, 1.807) is 36.4 Å². The van der Waals surface area contributed by atoms with Crippen LogP contribution in [0.25, 0.3) is 16.8 Å². The third kappa shape index (κ3) is 4.25. The average Bonchev–Trinajstić information content (AvgIpc) is 3.51. The third-order valence-corrected chi connectivity index (χ3v) is 5.80. The van der Waals surface area contributed by atoms with Crippen LogP contribution >= 0.6 is 0 Å². The number of nitrogens with two attached hydrogens (primary N) is 1. The molecule has 9 heteroatoms. The second kappa shape index (κ2) is 9.19. The summed E-state index contributed by atoms with van der Waals surface area (Å²) in [4.78, 5) is 37.6. The maximum atomic E-state index is 12.6. The molecule has 0 unspecified atom stereocenters. The minimum absolute atomic E-state index is 0.198. The number of hydrogen-bond acceptors (Lipinski definition) is 6. The van der Waals surface area contributed by atoms with Gasteiger partial charge in [-0.15, -0.1) is 0 Å². The van der Waals surface area contributed by atoms with Gasteiger partial charge in [-0.3, -0.25) is 14.0 Å². The number of aromatic nitrogens is 3. The van der Waals surface area contributed by atoms with Gasteiger partial charge in [0.1, 0.15) is 17.0 Å². The minimum Gasteiger partial charge on any atom is -0.382 e. The zero-order chi connectivity index (χ0) is 24.4. The average molecular weight is 466 g/mol. The summed E-state index contributed by atoms with van der Waals surface area (Å²) >= 11 is 0. The molecule has 2 aromatic carbocycles. The molecule has 3 N–H and O–H groups in total. The number of benzene rings is 2. The molecule has 1 saturated heterocycles. The number of carbonyl (C=O) groups excluding carboxylic acids is 2. The van der Waals surface area contributed by atoms with E-state index in [1.807, 2.05) is 51.8 Å². The van der Waals surface area contributed by atoms with Crippen LogP contribution in [-0.4, -0.2) is 50.8 Å². The molecule has 1 aliphatic heterocycles. The van der Waals surface area contributed by atoms with Gasteiger partial charge in [0, 0.05) is 42.3 Å². The fraction of sp³-hybridized carbons (Fsp3) is 0.154. The molecule has 0 saturated carbocycles. The molecule has 2 aromatic heterocycles. The lowest BCUT2D eigenvalue weighted by Crippen LogP contribution is -2.30. The van der Waals surface area contributed by atoms with Gasteiger partial charge < -0.3 is 20.9 Å². The van der Waals surface area contributed by atoms with Crippen molar-refractivity contribution in [1.82, 2.24) is 19.3 Å². The van der Waals surface area contributed by atoms with Gasteiger partial charge in [0.2, 0.25) is 5.95 Å². The quantitative estimate of drug-likeness (QED) is 0.449. The van der Waals surface area contributed by atoms with Crippen LogP contribution in [0.15, 0.2) is 67.0 Å². The molecular formula is C26H23N7O2. The van der Waals surface area contributed by atoms with Crippen molar-refractivity contribution in [3.63, 3.8) is 0 Å². The fourth-order valence-electron chi connectivity index (χ4n) is 4.08. The highest BCUT2D eigenvalue weighted by Crippen LogP contribution is 2.32. The van der Waals surface area contributed by atoms with Crippen LogP contribution in [0.1, 0.15) is 17.3 Å². The zero-order valence-electron chi connectivity index (χ0n) is 19.1. The second-order valence-electron chi connectivity index (χ2n) is 8.04. The topological polar surface area (TPSA) is 109 Å². The molecule has 0 spiro atoms. The van der Waals surface area contributed by atoms with Crippen molar-refractivity contribution in [3.8, 4) is 23.1 Å². The van der Waals surface area contributed by atoms with E-state index in [0.29, 0.717) is 48.3 Å². The summed E-state index contributed by atoms with van der Waals surface area (Å²) in [5.74, 6) is 5.84. The fourth-order valence-corrected chi connectivity index (χ4v) is 4.08. The highest BCUT2D eigenvalue weighted by atomic mass is 16.2.